The zero-order valence-electron chi connectivity index (χ0n) is 10.5. The number of hydrogen-bond acceptors (Lipinski definition) is 2. The number of nitrogens with one attached hydrogen (secondary N) is 1. The number of benzene rings is 1. The van der Waals surface area contributed by atoms with E-state index in [9.17, 15) is 4.39 Å². The molecule has 1 aromatic carbocycles. The standard InChI is InChI=1S/C14H18FNO/c1-14(2,3)16-9-11(15)13-8-10-6-4-5-7-12(10)17-13/h4-8,11,16H,9H2,1-3H3. The van der Waals surface area contributed by atoms with Crippen molar-refractivity contribution in [2.45, 2.75) is 32.5 Å². The average Bonchev–Trinajstić information content (AvgIpc) is 2.68. The van der Waals surface area contributed by atoms with Crippen LogP contribution in [0.5, 0.6) is 0 Å². The molecule has 1 aromatic heterocycles. The smallest absolute Gasteiger partial charge is 0.170 e. The van der Waals surface area contributed by atoms with Crippen LogP contribution >= 0.6 is 0 Å². The molecule has 0 saturated heterocycles. The maximum absolute atomic E-state index is 13.9. The largest absolute Gasteiger partial charge is 0.458 e. The molecule has 0 radical (unpaired) electrons. The molecule has 0 aliphatic heterocycles. The first-order valence-electron chi connectivity index (χ1n) is 5.83. The van der Waals surface area contributed by atoms with Crippen molar-refractivity contribution in [1.29, 1.82) is 0 Å². The van der Waals surface area contributed by atoms with Gasteiger partial charge in [0.15, 0.2) is 6.17 Å². The van der Waals surface area contributed by atoms with Crippen molar-refractivity contribution in [3.8, 4) is 0 Å². The van der Waals surface area contributed by atoms with Crippen LogP contribution in [0.4, 0.5) is 4.39 Å². The van der Waals surface area contributed by atoms with E-state index in [0.717, 1.165) is 11.0 Å². The lowest BCUT2D eigenvalue weighted by Crippen LogP contribution is -2.37. The van der Waals surface area contributed by atoms with E-state index >= 15 is 0 Å². The Morgan fingerprint density at radius 1 is 1.29 bits per heavy atom. The van der Waals surface area contributed by atoms with Crippen LogP contribution in [0.15, 0.2) is 34.7 Å². The highest BCUT2D eigenvalue weighted by Crippen LogP contribution is 2.25. The summed E-state index contributed by atoms with van der Waals surface area (Å²) >= 11 is 0. The zero-order valence-corrected chi connectivity index (χ0v) is 10.5. The van der Waals surface area contributed by atoms with Crippen molar-refractivity contribution in [3.63, 3.8) is 0 Å². The second-order valence-electron chi connectivity index (χ2n) is 5.29. The molecule has 17 heavy (non-hydrogen) atoms. The van der Waals surface area contributed by atoms with E-state index in [1.54, 1.807) is 6.07 Å². The summed E-state index contributed by atoms with van der Waals surface area (Å²) in [6, 6.07) is 9.35. The summed E-state index contributed by atoms with van der Waals surface area (Å²) in [5.74, 6) is 0.392. The van der Waals surface area contributed by atoms with Crippen LogP contribution in [0, 0.1) is 0 Å². The number of rotatable bonds is 3. The molecule has 0 aliphatic carbocycles. The van der Waals surface area contributed by atoms with E-state index in [4.69, 9.17) is 4.42 Å². The maximum Gasteiger partial charge on any atom is 0.170 e. The highest BCUT2D eigenvalue weighted by molar-refractivity contribution is 5.77. The minimum Gasteiger partial charge on any atom is -0.458 e. The van der Waals surface area contributed by atoms with E-state index in [-0.39, 0.29) is 12.1 Å². The summed E-state index contributed by atoms with van der Waals surface area (Å²) in [5, 5.41) is 4.07. The number of furan rings is 1. The summed E-state index contributed by atoms with van der Waals surface area (Å²) in [6.45, 7) is 6.30. The van der Waals surface area contributed by atoms with Crippen LogP contribution in [-0.4, -0.2) is 12.1 Å². The first-order chi connectivity index (χ1) is 7.96. The SMILES string of the molecule is CC(C)(C)NCC(F)c1cc2ccccc2o1. The quantitative estimate of drug-likeness (QED) is 0.874. The van der Waals surface area contributed by atoms with Crippen LogP contribution in [-0.2, 0) is 0 Å². The first-order valence-corrected chi connectivity index (χ1v) is 5.83. The second-order valence-corrected chi connectivity index (χ2v) is 5.29. The molecule has 0 aliphatic rings. The summed E-state index contributed by atoms with van der Waals surface area (Å²) < 4.78 is 19.4. The maximum atomic E-state index is 13.9. The van der Waals surface area contributed by atoms with Crippen molar-refractivity contribution in [2.24, 2.45) is 0 Å². The molecule has 2 nitrogen and oxygen atoms in total. The van der Waals surface area contributed by atoms with Gasteiger partial charge in [-0.3, -0.25) is 0 Å². The predicted molar refractivity (Wildman–Crippen MR) is 67.8 cm³/mol. The third kappa shape index (κ3) is 3.07. The number of alkyl halides is 1. The normalized spacial score (nSPS) is 14.1. The summed E-state index contributed by atoms with van der Waals surface area (Å²) in [4.78, 5) is 0. The average molecular weight is 235 g/mol. The Hall–Kier alpha value is -1.35. The van der Waals surface area contributed by atoms with Gasteiger partial charge in [-0.2, -0.15) is 0 Å². The third-order valence-electron chi connectivity index (χ3n) is 2.56. The van der Waals surface area contributed by atoms with Crippen LogP contribution in [0.3, 0.4) is 0 Å². The van der Waals surface area contributed by atoms with Gasteiger partial charge < -0.3 is 9.73 Å². The fraction of sp³-hybridized carbons (Fsp3) is 0.429. The molecule has 0 amide bonds. The van der Waals surface area contributed by atoms with E-state index < -0.39 is 6.17 Å². The lowest BCUT2D eigenvalue weighted by Gasteiger charge is -2.21. The summed E-state index contributed by atoms with van der Waals surface area (Å²) in [7, 11) is 0. The molecule has 0 spiro atoms. The minimum atomic E-state index is -1.11. The fourth-order valence-electron chi connectivity index (χ4n) is 1.65. The molecular formula is C14H18FNO. The van der Waals surface area contributed by atoms with Crippen molar-refractivity contribution < 1.29 is 8.81 Å². The highest BCUT2D eigenvalue weighted by Gasteiger charge is 2.18. The molecule has 1 unspecified atom stereocenters. The lowest BCUT2D eigenvalue weighted by molar-refractivity contribution is 0.258. The van der Waals surface area contributed by atoms with E-state index in [2.05, 4.69) is 5.32 Å². The molecule has 0 bridgehead atoms. The molecule has 3 heteroatoms. The van der Waals surface area contributed by atoms with Crippen molar-refractivity contribution >= 4 is 11.0 Å². The fourth-order valence-corrected chi connectivity index (χ4v) is 1.65. The van der Waals surface area contributed by atoms with Crippen LogP contribution in [0.1, 0.15) is 32.7 Å². The van der Waals surface area contributed by atoms with Gasteiger partial charge in [-0.15, -0.1) is 0 Å². The van der Waals surface area contributed by atoms with Crippen LogP contribution in [0.2, 0.25) is 0 Å². The van der Waals surface area contributed by atoms with Gasteiger partial charge in [-0.25, -0.2) is 4.39 Å². The molecule has 2 aromatic rings. The van der Waals surface area contributed by atoms with Gasteiger partial charge in [-0.05, 0) is 32.9 Å². The molecule has 2 rings (SSSR count). The molecule has 0 saturated carbocycles. The van der Waals surface area contributed by atoms with Crippen LogP contribution < -0.4 is 5.32 Å². The monoisotopic (exact) mass is 235 g/mol. The summed E-state index contributed by atoms with van der Waals surface area (Å²) in [6.07, 6.45) is -1.11. The first kappa shape index (κ1) is 12.1. The van der Waals surface area contributed by atoms with Crippen LogP contribution in [0.25, 0.3) is 11.0 Å². The van der Waals surface area contributed by atoms with Crippen molar-refractivity contribution in [1.82, 2.24) is 5.32 Å². The molecular weight excluding hydrogens is 217 g/mol. The van der Waals surface area contributed by atoms with Gasteiger partial charge in [-0.1, -0.05) is 18.2 Å². The minimum absolute atomic E-state index is 0.0869. The van der Waals surface area contributed by atoms with Crippen molar-refractivity contribution in [3.05, 3.63) is 36.1 Å². The van der Waals surface area contributed by atoms with E-state index in [1.807, 2.05) is 45.0 Å². The van der Waals surface area contributed by atoms with Gasteiger partial charge in [0.2, 0.25) is 0 Å². The zero-order chi connectivity index (χ0) is 12.5. The Bertz CT molecular complexity index is 465. The molecule has 1 heterocycles. The van der Waals surface area contributed by atoms with Gasteiger partial charge >= 0.3 is 0 Å². The van der Waals surface area contributed by atoms with E-state index in [0.29, 0.717) is 5.76 Å². The second kappa shape index (κ2) is 4.49. The highest BCUT2D eigenvalue weighted by atomic mass is 19.1. The van der Waals surface area contributed by atoms with E-state index in [1.165, 1.54) is 0 Å². The Morgan fingerprint density at radius 2 is 2.00 bits per heavy atom. The third-order valence-corrected chi connectivity index (χ3v) is 2.56. The Labute approximate surface area is 101 Å². The van der Waals surface area contributed by atoms with Gasteiger partial charge in [0.25, 0.3) is 0 Å². The van der Waals surface area contributed by atoms with Crippen molar-refractivity contribution in [2.75, 3.05) is 6.54 Å². The number of para-hydroxylation sites is 1. The number of fused-ring (bicyclic) bond motifs is 1. The molecule has 1 atom stereocenters. The topological polar surface area (TPSA) is 25.2 Å². The number of halogens is 1. The molecule has 92 valence electrons. The van der Waals surface area contributed by atoms with Gasteiger partial charge in [0, 0.05) is 17.5 Å². The lowest BCUT2D eigenvalue weighted by atomic mass is 10.1. The summed E-state index contributed by atoms with van der Waals surface area (Å²) in [5.41, 5.74) is 0.650. The molecule has 0 fully saturated rings. The predicted octanol–water partition coefficient (Wildman–Crippen LogP) is 3.83. The van der Waals surface area contributed by atoms with Gasteiger partial charge in [0.05, 0.1) is 0 Å². The Morgan fingerprint density at radius 3 is 2.65 bits per heavy atom. The Kier molecular flexibility index (Phi) is 3.20. The molecule has 1 N–H and O–H groups in total. The van der Waals surface area contributed by atoms with Gasteiger partial charge in [0.1, 0.15) is 11.3 Å². The number of hydrogen-bond donors (Lipinski definition) is 1. The Balaban J connectivity index is 2.11.